The van der Waals surface area contributed by atoms with Gasteiger partial charge in [0.05, 0.1) is 6.04 Å². The summed E-state index contributed by atoms with van der Waals surface area (Å²) >= 11 is 0. The summed E-state index contributed by atoms with van der Waals surface area (Å²) < 4.78 is 0. The molecule has 1 aromatic carbocycles. The fourth-order valence-corrected chi connectivity index (χ4v) is 3.86. The number of benzene rings is 1. The number of rotatable bonds is 7. The molecule has 5 N–H and O–H groups in total. The molecule has 1 saturated heterocycles. The topological polar surface area (TPSA) is 120 Å². The molecule has 1 aromatic heterocycles. The van der Waals surface area contributed by atoms with Gasteiger partial charge in [-0.05, 0) is 37.3 Å². The van der Waals surface area contributed by atoms with Crippen LogP contribution in [0.25, 0.3) is 10.9 Å². The highest BCUT2D eigenvalue weighted by Crippen LogP contribution is 2.21. The molecule has 8 heteroatoms. The van der Waals surface area contributed by atoms with Crippen molar-refractivity contribution in [2.24, 2.45) is 11.7 Å². The van der Waals surface area contributed by atoms with Crippen LogP contribution in [0.3, 0.4) is 0 Å². The summed E-state index contributed by atoms with van der Waals surface area (Å²) in [5, 5.41) is 6.77. The highest BCUT2D eigenvalue weighted by atomic mass is 16.2. The van der Waals surface area contributed by atoms with Gasteiger partial charge in [0.1, 0.15) is 12.1 Å². The summed E-state index contributed by atoms with van der Waals surface area (Å²) in [4.78, 5) is 42.9. The Bertz CT molecular complexity index is 920. The monoisotopic (exact) mass is 413 g/mol. The molecular weight excluding hydrogens is 382 g/mol. The lowest BCUT2D eigenvalue weighted by Crippen LogP contribution is -2.56. The third kappa shape index (κ3) is 4.64. The van der Waals surface area contributed by atoms with Crippen molar-refractivity contribution in [3.63, 3.8) is 0 Å². The van der Waals surface area contributed by atoms with Gasteiger partial charge < -0.3 is 26.3 Å². The first-order valence-corrected chi connectivity index (χ1v) is 10.5. The van der Waals surface area contributed by atoms with E-state index in [1.165, 1.54) is 0 Å². The van der Waals surface area contributed by atoms with E-state index in [1.54, 1.807) is 11.8 Å². The lowest BCUT2D eigenvalue weighted by molar-refractivity contribution is -0.142. The Morgan fingerprint density at radius 2 is 1.97 bits per heavy atom. The predicted molar refractivity (Wildman–Crippen MR) is 115 cm³/mol. The van der Waals surface area contributed by atoms with Crippen molar-refractivity contribution in [3.05, 3.63) is 36.0 Å². The van der Waals surface area contributed by atoms with E-state index in [4.69, 9.17) is 5.73 Å². The molecule has 3 rings (SSSR count). The number of aromatic amines is 1. The first kappa shape index (κ1) is 21.8. The molecule has 2 aromatic rings. The SMILES string of the molecule is CC(C)[C@H](NC(=O)[C@H](C)N)C(=O)N1CCC[C@H]1C(=O)NCc1c[nH]c2ccccc12. The Morgan fingerprint density at radius 1 is 1.23 bits per heavy atom. The Balaban J connectivity index is 1.66. The van der Waals surface area contributed by atoms with E-state index >= 15 is 0 Å². The number of amides is 3. The van der Waals surface area contributed by atoms with Crippen LogP contribution in [-0.2, 0) is 20.9 Å². The lowest BCUT2D eigenvalue weighted by Gasteiger charge is -2.30. The summed E-state index contributed by atoms with van der Waals surface area (Å²) in [6, 6.07) is 5.97. The molecule has 1 fully saturated rings. The zero-order valence-electron chi connectivity index (χ0n) is 17.8. The van der Waals surface area contributed by atoms with E-state index in [0.29, 0.717) is 19.5 Å². The van der Waals surface area contributed by atoms with Gasteiger partial charge in [0.25, 0.3) is 0 Å². The van der Waals surface area contributed by atoms with Gasteiger partial charge in [-0.15, -0.1) is 0 Å². The van der Waals surface area contributed by atoms with E-state index in [9.17, 15) is 14.4 Å². The van der Waals surface area contributed by atoms with E-state index in [2.05, 4.69) is 15.6 Å². The molecule has 1 aliphatic rings. The Kier molecular flexibility index (Phi) is 6.77. The number of carbonyl (C=O) groups excluding carboxylic acids is 3. The second-order valence-corrected chi connectivity index (χ2v) is 8.29. The van der Waals surface area contributed by atoms with Crippen LogP contribution in [0.5, 0.6) is 0 Å². The second-order valence-electron chi connectivity index (χ2n) is 8.29. The number of para-hydroxylation sites is 1. The highest BCUT2D eigenvalue weighted by Gasteiger charge is 2.38. The maximum Gasteiger partial charge on any atom is 0.246 e. The summed E-state index contributed by atoms with van der Waals surface area (Å²) in [6.45, 7) is 6.20. The fraction of sp³-hybridized carbons (Fsp3) is 0.500. The van der Waals surface area contributed by atoms with Gasteiger partial charge in [0.15, 0.2) is 0 Å². The van der Waals surface area contributed by atoms with E-state index in [-0.39, 0.29) is 23.6 Å². The second kappa shape index (κ2) is 9.30. The molecule has 0 radical (unpaired) electrons. The first-order chi connectivity index (χ1) is 14.3. The largest absolute Gasteiger partial charge is 0.361 e. The molecule has 0 aliphatic carbocycles. The standard InChI is InChI=1S/C22H31N5O3/c1-13(2)19(26-20(28)14(3)23)22(30)27-10-6-9-18(27)21(29)25-12-15-11-24-17-8-5-4-7-16(15)17/h4-5,7-8,11,13-14,18-19,24H,6,9-10,12,23H2,1-3H3,(H,25,29)(H,26,28)/t14-,18-,19-/m0/s1. The van der Waals surface area contributed by atoms with Crippen molar-refractivity contribution in [2.45, 2.75) is 58.3 Å². The van der Waals surface area contributed by atoms with Gasteiger partial charge in [0.2, 0.25) is 17.7 Å². The third-order valence-corrected chi connectivity index (χ3v) is 5.61. The lowest BCUT2D eigenvalue weighted by atomic mass is 10.0. The molecule has 0 unspecified atom stereocenters. The summed E-state index contributed by atoms with van der Waals surface area (Å²) in [5.41, 5.74) is 7.65. The molecule has 1 aliphatic heterocycles. The van der Waals surface area contributed by atoms with Crippen molar-refractivity contribution in [1.82, 2.24) is 20.5 Å². The summed E-state index contributed by atoms with van der Waals surface area (Å²) in [5.74, 6) is -0.895. The molecule has 0 spiro atoms. The normalized spacial score (nSPS) is 18.4. The number of carbonyl (C=O) groups is 3. The van der Waals surface area contributed by atoms with Gasteiger partial charge in [0, 0.05) is 30.2 Å². The van der Waals surface area contributed by atoms with Crippen LogP contribution in [0.4, 0.5) is 0 Å². The van der Waals surface area contributed by atoms with Crippen LogP contribution in [0, 0.1) is 5.92 Å². The van der Waals surface area contributed by atoms with Crippen LogP contribution in [-0.4, -0.2) is 52.3 Å². The molecule has 2 heterocycles. The third-order valence-electron chi connectivity index (χ3n) is 5.61. The maximum absolute atomic E-state index is 13.2. The Hall–Kier alpha value is -2.87. The zero-order valence-corrected chi connectivity index (χ0v) is 17.8. The molecule has 0 bridgehead atoms. The average molecular weight is 414 g/mol. The number of aromatic nitrogens is 1. The maximum atomic E-state index is 13.2. The number of fused-ring (bicyclic) bond motifs is 1. The molecule has 3 amide bonds. The highest BCUT2D eigenvalue weighted by molar-refractivity contribution is 5.93. The fourth-order valence-electron chi connectivity index (χ4n) is 3.86. The van der Waals surface area contributed by atoms with Gasteiger partial charge in [-0.3, -0.25) is 14.4 Å². The smallest absolute Gasteiger partial charge is 0.246 e. The van der Waals surface area contributed by atoms with Crippen molar-refractivity contribution >= 4 is 28.6 Å². The number of nitrogens with zero attached hydrogens (tertiary/aromatic N) is 1. The quantitative estimate of drug-likeness (QED) is 0.546. The van der Waals surface area contributed by atoms with Crippen molar-refractivity contribution < 1.29 is 14.4 Å². The minimum atomic E-state index is -0.703. The van der Waals surface area contributed by atoms with Crippen molar-refractivity contribution in [3.8, 4) is 0 Å². The molecule has 8 nitrogen and oxygen atoms in total. The molecule has 162 valence electrons. The first-order valence-electron chi connectivity index (χ1n) is 10.5. The molecule has 3 atom stereocenters. The number of H-pyrrole nitrogens is 1. The molecule has 30 heavy (non-hydrogen) atoms. The minimum Gasteiger partial charge on any atom is -0.361 e. The van der Waals surface area contributed by atoms with Crippen LogP contribution in [0.1, 0.15) is 39.2 Å². The molecule has 0 saturated carbocycles. The number of hydrogen-bond acceptors (Lipinski definition) is 4. The zero-order chi connectivity index (χ0) is 21.8. The Labute approximate surface area is 176 Å². The number of likely N-dealkylation sites (tertiary alicyclic amines) is 1. The minimum absolute atomic E-state index is 0.115. The van der Waals surface area contributed by atoms with Crippen LogP contribution in [0.2, 0.25) is 0 Å². The van der Waals surface area contributed by atoms with E-state index < -0.39 is 18.1 Å². The number of nitrogens with one attached hydrogen (secondary N) is 3. The summed E-state index contributed by atoms with van der Waals surface area (Å²) in [7, 11) is 0. The van der Waals surface area contributed by atoms with Crippen LogP contribution >= 0.6 is 0 Å². The van der Waals surface area contributed by atoms with Crippen molar-refractivity contribution in [2.75, 3.05) is 6.54 Å². The van der Waals surface area contributed by atoms with Crippen LogP contribution in [0.15, 0.2) is 30.5 Å². The van der Waals surface area contributed by atoms with Gasteiger partial charge >= 0.3 is 0 Å². The molecular formula is C22H31N5O3. The van der Waals surface area contributed by atoms with E-state index in [0.717, 1.165) is 22.9 Å². The van der Waals surface area contributed by atoms with E-state index in [1.807, 2.05) is 44.3 Å². The Morgan fingerprint density at radius 3 is 2.67 bits per heavy atom. The van der Waals surface area contributed by atoms with Crippen LogP contribution < -0.4 is 16.4 Å². The number of hydrogen-bond donors (Lipinski definition) is 4. The average Bonchev–Trinajstić information content (AvgIpc) is 3.36. The van der Waals surface area contributed by atoms with Gasteiger partial charge in [-0.25, -0.2) is 0 Å². The number of nitrogens with two attached hydrogens (primary N) is 1. The van der Waals surface area contributed by atoms with Gasteiger partial charge in [-0.2, -0.15) is 0 Å². The van der Waals surface area contributed by atoms with Crippen molar-refractivity contribution in [1.29, 1.82) is 0 Å². The summed E-state index contributed by atoms with van der Waals surface area (Å²) in [6.07, 6.45) is 3.25. The van der Waals surface area contributed by atoms with Gasteiger partial charge in [-0.1, -0.05) is 32.0 Å². The predicted octanol–water partition coefficient (Wildman–Crippen LogP) is 1.26.